The van der Waals surface area contributed by atoms with Crippen molar-refractivity contribution in [3.63, 3.8) is 0 Å². The van der Waals surface area contributed by atoms with Gasteiger partial charge in [-0.3, -0.25) is 19.2 Å². The van der Waals surface area contributed by atoms with E-state index in [2.05, 4.69) is 45.5 Å². The number of alkyl carbamates (subject to hydrolysis) is 1. The fourth-order valence-electron chi connectivity index (χ4n) is 8.75. The lowest BCUT2D eigenvalue weighted by Gasteiger charge is -2.23. The van der Waals surface area contributed by atoms with Crippen LogP contribution in [0, 0.1) is 26.6 Å². The van der Waals surface area contributed by atoms with Crippen LogP contribution >= 0.6 is 0 Å². The number of halogens is 1. The maximum Gasteiger partial charge on any atom is 0.407 e. The number of anilines is 1. The van der Waals surface area contributed by atoms with Crippen LogP contribution in [0.15, 0.2) is 140 Å². The molecule has 0 saturated heterocycles. The SMILES string of the molecule is Cc1cccc(C[C@H](NC(=O)c2ccc(NC(=O)CCCCCNC(=O)OCC3c4ccccc4-c4ccccc43)cc2F)C(=O)N[C@@H](COCc2ccccc2)C(=O)COC(=O)c2c(C)cccc2C)c1. The Balaban J connectivity index is 0.905. The van der Waals surface area contributed by atoms with Crippen LogP contribution in [0.25, 0.3) is 11.1 Å². The summed E-state index contributed by atoms with van der Waals surface area (Å²) in [6.07, 6.45) is 1.37. The van der Waals surface area contributed by atoms with E-state index in [4.69, 9.17) is 14.2 Å². The van der Waals surface area contributed by atoms with Gasteiger partial charge in [0.2, 0.25) is 11.8 Å². The number of hydrogen-bond acceptors (Lipinski definition) is 9. The number of Topliss-reactive ketones (excluding diaryl/α,β-unsaturated/α-hetero) is 1. The molecule has 72 heavy (non-hydrogen) atoms. The molecule has 0 radical (unpaired) electrons. The molecule has 7 rings (SSSR count). The van der Waals surface area contributed by atoms with Crippen molar-refractivity contribution < 1.29 is 47.4 Å². The van der Waals surface area contributed by atoms with Crippen LogP contribution in [0.1, 0.15) is 91.3 Å². The number of ketones is 1. The molecule has 14 heteroatoms. The molecule has 6 aromatic rings. The number of fused-ring (bicyclic) bond motifs is 3. The molecule has 0 fully saturated rings. The molecule has 0 aromatic heterocycles. The Morgan fingerprint density at radius 3 is 2.01 bits per heavy atom. The first kappa shape index (κ1) is 51.9. The van der Waals surface area contributed by atoms with Crippen molar-refractivity contribution in [3.8, 4) is 11.1 Å². The number of esters is 1. The number of amides is 4. The zero-order valence-corrected chi connectivity index (χ0v) is 40.6. The maximum atomic E-state index is 15.7. The van der Waals surface area contributed by atoms with Gasteiger partial charge < -0.3 is 35.5 Å². The number of carbonyl (C=O) groups excluding carboxylic acids is 6. The zero-order chi connectivity index (χ0) is 51.0. The smallest absolute Gasteiger partial charge is 0.407 e. The van der Waals surface area contributed by atoms with Gasteiger partial charge in [-0.25, -0.2) is 14.0 Å². The van der Waals surface area contributed by atoms with Gasteiger partial charge in [0, 0.05) is 31.0 Å². The molecule has 6 aromatic carbocycles. The summed E-state index contributed by atoms with van der Waals surface area (Å²) < 4.78 is 32.6. The molecule has 2 atom stereocenters. The molecule has 13 nitrogen and oxygen atoms in total. The van der Waals surface area contributed by atoms with Gasteiger partial charge in [-0.15, -0.1) is 0 Å². The molecule has 372 valence electrons. The molecule has 0 bridgehead atoms. The fourth-order valence-corrected chi connectivity index (χ4v) is 8.75. The van der Waals surface area contributed by atoms with Crippen molar-refractivity contribution >= 4 is 41.3 Å². The van der Waals surface area contributed by atoms with Crippen LogP contribution in [0.5, 0.6) is 0 Å². The summed E-state index contributed by atoms with van der Waals surface area (Å²) in [6.45, 7) is 5.15. The third kappa shape index (κ3) is 14.1. The normalized spacial score (nSPS) is 12.4. The Morgan fingerprint density at radius 1 is 0.653 bits per heavy atom. The quantitative estimate of drug-likeness (QED) is 0.0360. The lowest BCUT2D eigenvalue weighted by molar-refractivity contribution is -0.132. The number of nitrogens with one attached hydrogen (secondary N) is 4. The lowest BCUT2D eigenvalue weighted by atomic mass is 9.98. The Kier molecular flexibility index (Phi) is 18.2. The number of aryl methyl sites for hydroxylation is 3. The van der Waals surface area contributed by atoms with Gasteiger partial charge in [-0.05, 0) is 96.3 Å². The minimum absolute atomic E-state index is 0.0200. The van der Waals surface area contributed by atoms with Crippen LogP contribution in [0.4, 0.5) is 14.9 Å². The summed E-state index contributed by atoms with van der Waals surface area (Å²) in [5.74, 6) is -4.35. The van der Waals surface area contributed by atoms with Gasteiger partial charge in [-0.1, -0.05) is 133 Å². The first-order chi connectivity index (χ1) is 34.8. The average Bonchev–Trinajstić information content (AvgIpc) is 3.69. The molecule has 0 aliphatic heterocycles. The van der Waals surface area contributed by atoms with Crippen molar-refractivity contribution in [1.29, 1.82) is 0 Å². The van der Waals surface area contributed by atoms with Crippen LogP contribution in [0.2, 0.25) is 0 Å². The second-order valence-corrected chi connectivity index (χ2v) is 17.9. The van der Waals surface area contributed by atoms with Gasteiger partial charge in [0.05, 0.1) is 24.3 Å². The Hall–Kier alpha value is -7.97. The second-order valence-electron chi connectivity index (χ2n) is 17.9. The maximum absolute atomic E-state index is 15.7. The predicted octanol–water partition coefficient (Wildman–Crippen LogP) is 9.26. The van der Waals surface area contributed by atoms with Crippen LogP contribution < -0.4 is 21.3 Å². The monoisotopic (exact) mass is 974 g/mol. The van der Waals surface area contributed by atoms with Gasteiger partial charge in [-0.2, -0.15) is 0 Å². The van der Waals surface area contributed by atoms with Gasteiger partial charge in [0.1, 0.15) is 24.5 Å². The third-order valence-corrected chi connectivity index (χ3v) is 12.5. The number of rotatable bonds is 23. The molecule has 0 spiro atoms. The van der Waals surface area contributed by atoms with E-state index < -0.39 is 54.2 Å². The van der Waals surface area contributed by atoms with E-state index in [1.54, 1.807) is 38.1 Å². The van der Waals surface area contributed by atoms with E-state index in [1.807, 2.05) is 79.7 Å². The number of hydrogen-bond donors (Lipinski definition) is 4. The third-order valence-electron chi connectivity index (χ3n) is 12.5. The molecule has 4 amide bonds. The highest BCUT2D eigenvalue weighted by molar-refractivity contribution is 6.00. The Bertz CT molecular complexity index is 2840. The molecule has 1 aliphatic rings. The topological polar surface area (TPSA) is 178 Å². The average molecular weight is 975 g/mol. The first-order valence-electron chi connectivity index (χ1n) is 24.1. The summed E-state index contributed by atoms with van der Waals surface area (Å²) in [5, 5.41) is 10.8. The summed E-state index contributed by atoms with van der Waals surface area (Å²) in [7, 11) is 0. The summed E-state index contributed by atoms with van der Waals surface area (Å²) in [4.78, 5) is 80.1. The minimum atomic E-state index is -1.30. The number of carbonyl (C=O) groups is 6. The molecule has 0 unspecified atom stereocenters. The Morgan fingerprint density at radius 2 is 1.32 bits per heavy atom. The molecular formula is C58H59FN4O9. The van der Waals surface area contributed by atoms with E-state index in [1.165, 1.54) is 12.1 Å². The highest BCUT2D eigenvalue weighted by Gasteiger charge is 2.31. The minimum Gasteiger partial charge on any atom is -0.454 e. The largest absolute Gasteiger partial charge is 0.454 e. The standard InChI is InChI=1S/C58H59FN4O9/c1-37-16-14-21-41(30-37)31-50(56(67)63-51(35-70-33-40-19-6-4-7-20-40)52(64)36-71-57(68)54-38(2)17-15-18-39(54)3)62-55(66)47-28-27-42(32-49(47)59)61-53(65)26-8-5-13-29-60-58(69)72-34-48-45-24-11-9-22-43(45)44-23-10-12-25-46(44)48/h4,6-7,9-12,14-25,27-28,30,32,48,50-51H,5,8,13,26,29,31,33-36H2,1-3H3,(H,60,69)(H,61,65)(H,62,66)(H,63,67)/t50-,51-/m0/s1. The van der Waals surface area contributed by atoms with E-state index in [0.717, 1.165) is 39.4 Å². The van der Waals surface area contributed by atoms with Gasteiger partial charge in [0.25, 0.3) is 5.91 Å². The van der Waals surface area contributed by atoms with E-state index in [-0.39, 0.29) is 55.7 Å². The van der Waals surface area contributed by atoms with Crippen molar-refractivity contribution in [2.75, 3.05) is 31.7 Å². The van der Waals surface area contributed by atoms with Crippen molar-refractivity contribution in [2.45, 2.75) is 77.5 Å². The van der Waals surface area contributed by atoms with Crippen molar-refractivity contribution in [3.05, 3.63) is 195 Å². The number of benzene rings is 6. The van der Waals surface area contributed by atoms with E-state index in [0.29, 0.717) is 48.1 Å². The molecule has 0 saturated carbocycles. The van der Waals surface area contributed by atoms with E-state index >= 15 is 4.39 Å². The summed E-state index contributed by atoms with van der Waals surface area (Å²) in [6, 6.07) is 39.1. The Labute approximate surface area is 418 Å². The van der Waals surface area contributed by atoms with E-state index in [9.17, 15) is 28.8 Å². The zero-order valence-electron chi connectivity index (χ0n) is 40.6. The molecular weight excluding hydrogens is 916 g/mol. The summed E-state index contributed by atoms with van der Waals surface area (Å²) >= 11 is 0. The highest BCUT2D eigenvalue weighted by Crippen LogP contribution is 2.44. The van der Waals surface area contributed by atoms with Crippen LogP contribution in [-0.2, 0) is 41.6 Å². The molecule has 4 N–H and O–H groups in total. The van der Waals surface area contributed by atoms with Crippen molar-refractivity contribution in [1.82, 2.24) is 16.0 Å². The number of unbranched alkanes of at least 4 members (excludes halogenated alkanes) is 2. The van der Waals surface area contributed by atoms with Gasteiger partial charge >= 0.3 is 12.1 Å². The van der Waals surface area contributed by atoms with Crippen LogP contribution in [-0.4, -0.2) is 74.0 Å². The van der Waals surface area contributed by atoms with Crippen molar-refractivity contribution in [2.24, 2.45) is 0 Å². The fraction of sp³-hybridized carbons (Fsp3) is 0.276. The number of ether oxygens (including phenoxy) is 3. The lowest BCUT2D eigenvalue weighted by Crippen LogP contribution is -2.54. The predicted molar refractivity (Wildman–Crippen MR) is 272 cm³/mol. The summed E-state index contributed by atoms with van der Waals surface area (Å²) in [5.41, 5.74) is 8.41. The first-order valence-corrected chi connectivity index (χ1v) is 24.1. The van der Waals surface area contributed by atoms with Gasteiger partial charge in [0.15, 0.2) is 12.4 Å². The van der Waals surface area contributed by atoms with Crippen LogP contribution in [0.3, 0.4) is 0 Å². The molecule has 1 aliphatic carbocycles. The highest BCUT2D eigenvalue weighted by atomic mass is 19.1. The second kappa shape index (κ2) is 25.2. The molecule has 0 heterocycles.